The molecule has 8 rings (SSSR count). The van der Waals surface area contributed by atoms with E-state index in [1.807, 2.05) is 270 Å². The molecule has 5 radical (unpaired) electrons. The summed E-state index contributed by atoms with van der Waals surface area (Å²) >= 11 is 0. The van der Waals surface area contributed by atoms with E-state index >= 15 is 0 Å². The van der Waals surface area contributed by atoms with Crippen LogP contribution in [0.15, 0.2) is 206 Å². The monoisotopic (exact) mass is 1400 g/mol. The summed E-state index contributed by atoms with van der Waals surface area (Å²) in [5.41, 5.74) is 11.7. The Hall–Kier alpha value is -2.54. The molecule has 0 aliphatic carbocycles. The average molecular weight is 1400 g/mol. The Labute approximate surface area is 601 Å². The van der Waals surface area contributed by atoms with Gasteiger partial charge in [-0.2, -0.15) is 114 Å². The molecule has 391 valence electrons. The maximum atomic E-state index is 3.31. The van der Waals surface area contributed by atoms with E-state index in [2.05, 4.69) is 109 Å². The van der Waals surface area contributed by atoms with Gasteiger partial charge in [-0.3, -0.25) is 12.1 Å². The third-order valence-corrected chi connectivity index (χ3v) is 8.99. The maximum Gasteiger partial charge on any atom is 0 e. The smallest absolute Gasteiger partial charge is 0 e. The molecule has 0 saturated carbocycles. The van der Waals surface area contributed by atoms with Gasteiger partial charge in [-0.25, -0.2) is 41.5 Å². The molecule has 0 amide bonds. The zero-order chi connectivity index (χ0) is 53.4. The van der Waals surface area contributed by atoms with Crippen molar-refractivity contribution in [2.45, 2.75) is 76.2 Å². The van der Waals surface area contributed by atoms with E-state index in [0.29, 0.717) is 0 Å². The summed E-state index contributed by atoms with van der Waals surface area (Å²) in [6.07, 6.45) is 33.3. The van der Waals surface area contributed by atoms with Crippen LogP contribution in [0.5, 0.6) is 0 Å². The van der Waals surface area contributed by atoms with Crippen LogP contribution in [0.3, 0.4) is 0 Å². The van der Waals surface area contributed by atoms with E-state index < -0.39 is 0 Å². The van der Waals surface area contributed by atoms with Gasteiger partial charge in [-0.15, -0.1) is 72.6 Å². The first-order valence-electron chi connectivity index (χ1n) is 25.6. The molecule has 0 aliphatic rings. The van der Waals surface area contributed by atoms with Crippen molar-refractivity contribution in [2.24, 2.45) is 0 Å². The second kappa shape index (κ2) is 60.6. The fourth-order valence-electron chi connectivity index (χ4n) is 5.77. The Morgan fingerprint density at radius 2 is 0.692 bits per heavy atom. The molecule has 0 saturated heterocycles. The fourth-order valence-corrected chi connectivity index (χ4v) is 5.77. The number of benzene rings is 8. The zero-order valence-corrected chi connectivity index (χ0v) is 62.2. The van der Waals surface area contributed by atoms with E-state index in [-0.39, 0.29) is 164 Å². The predicted octanol–water partition coefficient (Wildman–Crippen LogP) is 20.5. The standard InChI is InChI=1S/C28H18.C26H18.C9H8.5C2H6.5Y/c1-3-7-23(8-4-1)11-13-25-15-19-27(20-16-25)28-21-17-26(18-22-28)14-12-24-9-5-2-6-10-24;1-3-12-23(13-4-1)16-7-9-18-25-20-11-21-26(22-25)19-10-8-17-24-14-5-2-6-15-24;1-2-6-9-7-4-3-5-8-9;5*1-2;;;;;/h1-10,13-15,17,19-22H;1-8,11-19,22H;3-7H,1H3;5*1-2H3;;;;;/q2*-4;-2;;;;;;;;;;/b;16-7+,17-8+;;;;;;;;;;;. The molecule has 0 aliphatic heterocycles. The van der Waals surface area contributed by atoms with Crippen LogP contribution >= 0.6 is 0 Å². The van der Waals surface area contributed by atoms with Crippen molar-refractivity contribution in [3.8, 4) is 11.1 Å². The molecule has 0 nitrogen and oxygen atoms in total. The van der Waals surface area contributed by atoms with Crippen LogP contribution in [-0.2, 0) is 164 Å². The summed E-state index contributed by atoms with van der Waals surface area (Å²) in [6.45, 7) is 21.9. The second-order valence-electron chi connectivity index (χ2n) is 13.7. The van der Waals surface area contributed by atoms with Crippen molar-refractivity contribution in [2.75, 3.05) is 0 Å². The Balaban J connectivity index is -0.000000330. The molecular weight excluding hydrogens is 1320 g/mol. The average Bonchev–Trinajstić information content (AvgIpc) is 3.49. The summed E-state index contributed by atoms with van der Waals surface area (Å²) in [7, 11) is 0. The molecule has 78 heavy (non-hydrogen) atoms. The number of hydrogen-bond acceptors (Lipinski definition) is 0. The van der Waals surface area contributed by atoms with Crippen LogP contribution in [-0.4, -0.2) is 0 Å². The Bertz CT molecular complexity index is 2560. The van der Waals surface area contributed by atoms with Gasteiger partial charge in [0.2, 0.25) is 0 Å². The molecule has 5 heteroatoms. The molecule has 0 aromatic heterocycles. The quantitative estimate of drug-likeness (QED) is 0.0650. The van der Waals surface area contributed by atoms with Gasteiger partial charge < -0.3 is 53.1 Å². The van der Waals surface area contributed by atoms with Gasteiger partial charge in [0.15, 0.2) is 0 Å². The van der Waals surface area contributed by atoms with Crippen molar-refractivity contribution in [1.82, 2.24) is 0 Å². The zero-order valence-electron chi connectivity index (χ0n) is 48.1. The minimum Gasteiger partial charge on any atom is -0.395 e. The Kier molecular flexibility index (Phi) is 65.4. The van der Waals surface area contributed by atoms with E-state index in [9.17, 15) is 0 Å². The van der Waals surface area contributed by atoms with Crippen molar-refractivity contribution in [3.05, 3.63) is 317 Å². The van der Waals surface area contributed by atoms with Gasteiger partial charge in [-0.1, -0.05) is 153 Å². The van der Waals surface area contributed by atoms with Crippen LogP contribution in [0.1, 0.15) is 126 Å². The van der Waals surface area contributed by atoms with Gasteiger partial charge in [0.25, 0.3) is 0 Å². The van der Waals surface area contributed by atoms with Gasteiger partial charge in [0.05, 0.1) is 0 Å². The maximum absolute atomic E-state index is 3.31. The molecular formula is C73H74Y5-10. The van der Waals surface area contributed by atoms with Crippen LogP contribution in [0.25, 0.3) is 53.7 Å². The normalized spacial score (nSPS) is 9.63. The van der Waals surface area contributed by atoms with Crippen molar-refractivity contribution >= 4 is 42.5 Å². The molecule has 0 unspecified atom stereocenters. The summed E-state index contributed by atoms with van der Waals surface area (Å²) < 4.78 is 0. The van der Waals surface area contributed by atoms with E-state index in [1.165, 1.54) is 0 Å². The largest absolute Gasteiger partial charge is 0.395 e. The van der Waals surface area contributed by atoms with Crippen LogP contribution in [0.2, 0.25) is 0 Å². The van der Waals surface area contributed by atoms with E-state index in [1.54, 1.807) is 6.07 Å². The van der Waals surface area contributed by atoms with Gasteiger partial charge in [-0.05, 0) is 0 Å². The van der Waals surface area contributed by atoms with Gasteiger partial charge in [0, 0.05) is 164 Å². The molecule has 0 atom stereocenters. The third-order valence-electron chi connectivity index (χ3n) is 8.99. The molecule has 0 N–H and O–H groups in total. The van der Waals surface area contributed by atoms with Crippen molar-refractivity contribution in [1.29, 1.82) is 0 Å². The van der Waals surface area contributed by atoms with Gasteiger partial charge in [0.1, 0.15) is 0 Å². The minimum atomic E-state index is 0. The third kappa shape index (κ3) is 39.8. The number of hydrogen-bond donors (Lipinski definition) is 0. The first-order valence-corrected chi connectivity index (χ1v) is 25.6. The second-order valence-corrected chi connectivity index (χ2v) is 13.7. The molecule has 0 bridgehead atoms. The predicted molar refractivity (Wildman–Crippen MR) is 322 cm³/mol. The molecule has 0 heterocycles. The van der Waals surface area contributed by atoms with Crippen molar-refractivity contribution < 1.29 is 164 Å². The first-order chi connectivity index (χ1) is 36.2. The summed E-state index contributed by atoms with van der Waals surface area (Å²) in [5, 5.41) is 0. The summed E-state index contributed by atoms with van der Waals surface area (Å²) in [4.78, 5) is 0. The topological polar surface area (TPSA) is 0 Å². The summed E-state index contributed by atoms with van der Waals surface area (Å²) in [6, 6.07) is 80.5. The minimum absolute atomic E-state index is 0. The van der Waals surface area contributed by atoms with Crippen LogP contribution < -0.4 is 0 Å². The molecule has 0 fully saturated rings. The number of allylic oxidation sites excluding steroid dienone is 5. The van der Waals surface area contributed by atoms with E-state index in [4.69, 9.17) is 0 Å². The Morgan fingerprint density at radius 1 is 0.333 bits per heavy atom. The van der Waals surface area contributed by atoms with Gasteiger partial charge >= 0.3 is 0 Å². The van der Waals surface area contributed by atoms with Crippen LogP contribution in [0.4, 0.5) is 0 Å². The summed E-state index contributed by atoms with van der Waals surface area (Å²) in [5.74, 6) is 0. The van der Waals surface area contributed by atoms with Crippen LogP contribution in [0, 0.1) is 60.7 Å². The SMILES string of the molecule is CC.CC.CC.CC.CC.C[C-]=Cc1[c-]cccc1.[C-](=Cc1[c-]c[c-]c(C=[C-]/C=C/c2ccccc2)c1)/C=C/c1ccccc1.[C-](=Cc1[c-]cc(-c2c[c-]c(C=[C-]c3ccccc3)cc2)cc1)c1ccccc1.[Y].[Y].[Y].[Y].[Y]. The molecule has 0 spiro atoms. The number of rotatable bonds is 12. The van der Waals surface area contributed by atoms with Crippen molar-refractivity contribution in [3.63, 3.8) is 0 Å². The molecule has 8 aromatic rings. The fraction of sp³-hybridized carbons (Fsp3) is 0.151. The van der Waals surface area contributed by atoms with E-state index in [0.717, 1.165) is 61.2 Å². The Morgan fingerprint density at radius 3 is 1.03 bits per heavy atom. The first kappa shape index (κ1) is 84.3. The molecule has 8 aromatic carbocycles.